The van der Waals surface area contributed by atoms with Crippen molar-refractivity contribution >= 4 is 70.7 Å². The molecule has 328 valence electrons. The van der Waals surface area contributed by atoms with Crippen LogP contribution in [0.25, 0.3) is 35.2 Å². The van der Waals surface area contributed by atoms with Crippen LogP contribution in [0.3, 0.4) is 0 Å². The first-order valence-corrected chi connectivity index (χ1v) is 22.7. The molecule has 3 aliphatic rings. The van der Waals surface area contributed by atoms with Crippen molar-refractivity contribution in [3.8, 4) is 0 Å². The van der Waals surface area contributed by atoms with Crippen LogP contribution >= 0.6 is 0 Å². The van der Waals surface area contributed by atoms with Crippen molar-refractivity contribution in [1.82, 2.24) is 15.0 Å². The van der Waals surface area contributed by atoms with Gasteiger partial charge in [-0.25, -0.2) is 0 Å². The van der Waals surface area contributed by atoms with Gasteiger partial charge in [0.2, 0.25) is 0 Å². The third-order valence-electron chi connectivity index (χ3n) is 13.5. The number of hydrogen-bond donors (Lipinski definition) is 0. The van der Waals surface area contributed by atoms with E-state index < -0.39 is 11.9 Å². The van der Waals surface area contributed by atoms with Crippen LogP contribution in [0.5, 0.6) is 0 Å². The van der Waals surface area contributed by atoms with Gasteiger partial charge in [0.25, 0.3) is 0 Å². The van der Waals surface area contributed by atoms with Crippen molar-refractivity contribution in [3.63, 3.8) is 0 Å². The predicted molar refractivity (Wildman–Crippen MR) is 251 cm³/mol. The Morgan fingerprint density at radius 3 is 2.23 bits per heavy atom. The molecular formula is C52H66MgN4O5-2. The van der Waals surface area contributed by atoms with Crippen molar-refractivity contribution in [3.05, 3.63) is 102 Å². The molecule has 6 rings (SSSR count). The summed E-state index contributed by atoms with van der Waals surface area (Å²) in [6, 6.07) is 0. The number of ketones is 1. The maximum atomic E-state index is 14.3. The van der Waals surface area contributed by atoms with Crippen LogP contribution in [-0.4, -0.2) is 54.5 Å². The molecule has 2 aliphatic heterocycles. The second-order valence-corrected chi connectivity index (χ2v) is 17.9. The second-order valence-electron chi connectivity index (χ2n) is 17.9. The van der Waals surface area contributed by atoms with Crippen LogP contribution in [0, 0.1) is 50.4 Å². The van der Waals surface area contributed by atoms with E-state index in [0.717, 1.165) is 81.1 Å². The summed E-state index contributed by atoms with van der Waals surface area (Å²) in [6.45, 7) is 23.6. The van der Waals surface area contributed by atoms with E-state index in [9.17, 15) is 14.4 Å². The fraction of sp³-hybridized carbons (Fsp3) is 0.519. The van der Waals surface area contributed by atoms with Gasteiger partial charge < -0.3 is 29.7 Å². The summed E-state index contributed by atoms with van der Waals surface area (Å²) < 4.78 is 11.0. The maximum absolute atomic E-state index is 14.3. The number of esters is 2. The molecule has 0 radical (unpaired) electrons. The van der Waals surface area contributed by atoms with Gasteiger partial charge in [-0.05, 0) is 88.7 Å². The third kappa shape index (κ3) is 10.2. The number of hydrogen-bond acceptors (Lipinski definition) is 5. The van der Waals surface area contributed by atoms with Crippen molar-refractivity contribution in [2.75, 3.05) is 13.7 Å². The van der Waals surface area contributed by atoms with Gasteiger partial charge in [0, 0.05) is 12.0 Å². The summed E-state index contributed by atoms with van der Waals surface area (Å²) in [5, 5.41) is 6.83. The normalized spacial score (nSPS) is 22.0. The van der Waals surface area contributed by atoms with Crippen LogP contribution in [0.2, 0.25) is 0 Å². The molecule has 3 aromatic rings. The Morgan fingerprint density at radius 1 is 0.871 bits per heavy atom. The zero-order valence-electron chi connectivity index (χ0n) is 39.0. The summed E-state index contributed by atoms with van der Waals surface area (Å²) in [4.78, 5) is 56.5. The van der Waals surface area contributed by atoms with Crippen molar-refractivity contribution < 1.29 is 23.9 Å². The topological polar surface area (TPSA) is 126 Å². The zero-order chi connectivity index (χ0) is 44.1. The van der Waals surface area contributed by atoms with Crippen LogP contribution < -0.4 is 25.7 Å². The molecule has 0 N–H and O–H groups in total. The van der Waals surface area contributed by atoms with Crippen molar-refractivity contribution in [1.29, 1.82) is 0 Å². The van der Waals surface area contributed by atoms with Crippen LogP contribution in [0.15, 0.2) is 29.6 Å². The number of Topliss-reactive ketones (excluding diaryl/α,β-unsaturated/α-hetero) is 1. The molecule has 0 spiro atoms. The third-order valence-corrected chi connectivity index (χ3v) is 13.5. The summed E-state index contributed by atoms with van der Waals surface area (Å²) in [6.07, 6.45) is 20.9. The molecule has 1 aliphatic carbocycles. The largest absolute Gasteiger partial charge is 2.00 e. The Labute approximate surface area is 385 Å². The average molecular weight is 851 g/mol. The van der Waals surface area contributed by atoms with E-state index in [1.54, 1.807) is 0 Å². The Hall–Kier alpha value is -4.28. The minimum atomic E-state index is -1.22. The number of fused-ring (bicyclic) bond motifs is 7. The summed E-state index contributed by atoms with van der Waals surface area (Å²) in [5.74, 6) is -1.49. The molecule has 1 fully saturated rings. The quantitative estimate of drug-likeness (QED) is 0.0537. The average Bonchev–Trinajstić information content (AvgIpc) is 3.97. The minimum Gasteiger partial charge on any atom is -0.664 e. The van der Waals surface area contributed by atoms with Gasteiger partial charge in [0.15, 0.2) is 5.78 Å². The molecule has 0 amide bonds. The van der Waals surface area contributed by atoms with Gasteiger partial charge in [0.1, 0.15) is 12.5 Å². The first kappa shape index (κ1) is 48.7. The van der Waals surface area contributed by atoms with Gasteiger partial charge >= 0.3 is 35.0 Å². The molecule has 3 aromatic heterocycles. The van der Waals surface area contributed by atoms with E-state index in [1.165, 1.54) is 51.2 Å². The first-order chi connectivity index (χ1) is 29.2. The van der Waals surface area contributed by atoms with Crippen LogP contribution in [0.1, 0.15) is 167 Å². The number of methoxy groups -OCH3 is 1. The molecule has 1 saturated heterocycles. The Balaban J connectivity index is 0.00000726. The smallest absolute Gasteiger partial charge is 0.664 e. The van der Waals surface area contributed by atoms with Gasteiger partial charge in [-0.15, -0.1) is 33.5 Å². The van der Waals surface area contributed by atoms with E-state index >= 15 is 0 Å². The molecule has 9 nitrogen and oxygen atoms in total. The molecule has 0 unspecified atom stereocenters. The van der Waals surface area contributed by atoms with Gasteiger partial charge in [-0.2, -0.15) is 11.4 Å². The number of aromatic nitrogens is 3. The molecule has 5 atom stereocenters. The van der Waals surface area contributed by atoms with Gasteiger partial charge in [0.05, 0.1) is 7.11 Å². The molecular weight excluding hydrogens is 785 g/mol. The zero-order valence-corrected chi connectivity index (χ0v) is 40.4. The fourth-order valence-corrected chi connectivity index (χ4v) is 9.70. The van der Waals surface area contributed by atoms with E-state index in [4.69, 9.17) is 29.7 Å². The van der Waals surface area contributed by atoms with Crippen molar-refractivity contribution in [2.24, 2.45) is 29.6 Å². The second kappa shape index (κ2) is 21.4. The first-order valence-electron chi connectivity index (χ1n) is 22.7. The van der Waals surface area contributed by atoms with Gasteiger partial charge in [-0.3, -0.25) is 14.4 Å². The number of allylic oxidation sites excluding steroid dienone is 3. The molecule has 62 heavy (non-hydrogen) atoms. The van der Waals surface area contributed by atoms with Crippen LogP contribution in [-0.2, 0) is 25.5 Å². The molecule has 8 bridgehead atoms. The Kier molecular flexibility index (Phi) is 16.8. The molecule has 0 aromatic carbocycles. The Bertz CT molecular complexity index is 2380. The summed E-state index contributed by atoms with van der Waals surface area (Å²) in [7, 11) is 1.29. The van der Waals surface area contributed by atoms with Crippen LogP contribution in [0.4, 0.5) is 0 Å². The standard InChI is InChI=1S/C52H67N4O5.Mg/c1-12-17-29(4)18-15-19-30(5)20-16-21-31(6)24-25-61-45(57)23-22-38-34(9)41-26-39-32(7)36(13-2)43(53-39)27-40-33(8)37(14-3)44(54-40)28-42-35(10)46-50(56-42)47(49(38)55-41)48(51(46)58)52(59)60-11;/h13,24,26-30,34,38,48H,2,12,14-23,25H2,1,3-11H3,(H-,55,56,58);/q-3;+2/p-1/b31-24+,40-27-,41-26-,44-28-;/t29-,30-,34+,38+,48-;/m1./s1. The maximum Gasteiger partial charge on any atom is 2.00 e. The van der Waals surface area contributed by atoms with E-state index in [-0.39, 0.29) is 59.7 Å². The van der Waals surface area contributed by atoms with E-state index in [2.05, 4.69) is 55.0 Å². The number of nitrogens with zero attached hydrogens (tertiary/aromatic N) is 4. The van der Waals surface area contributed by atoms with Gasteiger partial charge in [-0.1, -0.05) is 137 Å². The number of carbonyl (C=O) groups is 3. The summed E-state index contributed by atoms with van der Waals surface area (Å²) >= 11 is 0. The van der Waals surface area contributed by atoms with Crippen molar-refractivity contribution in [2.45, 2.75) is 133 Å². The predicted octanol–water partition coefficient (Wildman–Crippen LogP) is 9.34. The monoisotopic (exact) mass is 850 g/mol. The molecule has 10 heteroatoms. The van der Waals surface area contributed by atoms with E-state index in [0.29, 0.717) is 40.2 Å². The molecule has 5 heterocycles. The number of rotatable bonds is 18. The van der Waals surface area contributed by atoms with E-state index in [1.807, 2.05) is 44.2 Å². The minimum absolute atomic E-state index is 0. The number of ether oxygens (including phenoxy) is 2. The Morgan fingerprint density at radius 2 is 1.55 bits per heavy atom. The summed E-state index contributed by atoms with van der Waals surface area (Å²) in [5.41, 5.74) is 10.7. The fourth-order valence-electron chi connectivity index (χ4n) is 9.70. The number of carbonyl (C=O) groups excluding carboxylic acids is 3. The molecule has 0 saturated carbocycles. The SMILES string of the molecule is C=Cc1c2[n-]c(c1C)/C=C1\[N-]/C(=C3\c4[n-]c(c(C)c4C(=O)[C@@H]3C(=O)OC)/C=c3\[n-]/c(c(C)c3CC)=C\2)[C@@H](CCC(=O)OC/C=C(\C)CCC[C@H](C)CCC[C@H](C)CCC)[C@@H]1C.[Mg+2].